The SMILES string of the molecule is COc1ccc(C2=Nc3ccccc3S[C@H]2CC(=O)Nc2ccc(OC)c(OC)c2)cc1. The summed E-state index contributed by atoms with van der Waals surface area (Å²) in [7, 11) is 4.78. The van der Waals surface area contributed by atoms with Crippen molar-refractivity contribution in [2.45, 2.75) is 16.6 Å². The molecule has 1 heterocycles. The van der Waals surface area contributed by atoms with Crippen LogP contribution < -0.4 is 19.5 Å². The van der Waals surface area contributed by atoms with Crippen LogP contribution in [0.5, 0.6) is 17.2 Å². The van der Waals surface area contributed by atoms with Crippen LogP contribution in [0.4, 0.5) is 11.4 Å². The zero-order valence-electron chi connectivity index (χ0n) is 18.1. The van der Waals surface area contributed by atoms with Crippen molar-refractivity contribution < 1.29 is 19.0 Å². The molecule has 0 saturated carbocycles. The van der Waals surface area contributed by atoms with E-state index in [2.05, 4.69) is 5.32 Å². The number of para-hydroxylation sites is 1. The maximum atomic E-state index is 13.0. The molecule has 1 aliphatic heterocycles. The van der Waals surface area contributed by atoms with Gasteiger partial charge in [-0.2, -0.15) is 0 Å². The Morgan fingerprint density at radius 2 is 1.69 bits per heavy atom. The van der Waals surface area contributed by atoms with E-state index < -0.39 is 0 Å². The lowest BCUT2D eigenvalue weighted by Crippen LogP contribution is -2.27. The molecule has 3 aromatic rings. The van der Waals surface area contributed by atoms with Crippen LogP contribution >= 0.6 is 11.8 Å². The maximum absolute atomic E-state index is 13.0. The summed E-state index contributed by atoms with van der Waals surface area (Å²) in [4.78, 5) is 18.9. The molecule has 4 rings (SSSR count). The molecule has 1 amide bonds. The quantitative estimate of drug-likeness (QED) is 0.529. The second-order valence-corrected chi connectivity index (χ2v) is 8.37. The van der Waals surface area contributed by atoms with Gasteiger partial charge in [0.15, 0.2) is 11.5 Å². The van der Waals surface area contributed by atoms with E-state index in [0.717, 1.165) is 27.6 Å². The van der Waals surface area contributed by atoms with E-state index in [1.165, 1.54) is 0 Å². The molecule has 0 aliphatic carbocycles. The molecule has 0 bridgehead atoms. The van der Waals surface area contributed by atoms with Gasteiger partial charge in [-0.25, -0.2) is 0 Å². The van der Waals surface area contributed by atoms with Crippen LogP contribution in [0, 0.1) is 0 Å². The van der Waals surface area contributed by atoms with Gasteiger partial charge in [0.2, 0.25) is 5.91 Å². The number of nitrogens with one attached hydrogen (secondary N) is 1. The highest BCUT2D eigenvalue weighted by atomic mass is 32.2. The van der Waals surface area contributed by atoms with Gasteiger partial charge >= 0.3 is 0 Å². The standard InChI is InChI=1S/C25H24N2O4S/c1-29-18-11-8-16(9-12-18)25-23(32-22-7-5-4-6-19(22)27-25)15-24(28)26-17-10-13-20(30-2)21(14-17)31-3/h4-14,23H,15H2,1-3H3,(H,26,28)/t23-/m0/s1. The monoisotopic (exact) mass is 448 g/mol. The molecule has 0 radical (unpaired) electrons. The van der Waals surface area contributed by atoms with Crippen LogP contribution in [-0.2, 0) is 4.79 Å². The van der Waals surface area contributed by atoms with Crippen LogP contribution in [0.15, 0.2) is 76.6 Å². The fourth-order valence-electron chi connectivity index (χ4n) is 3.50. The van der Waals surface area contributed by atoms with Crippen LogP contribution in [0.2, 0.25) is 0 Å². The van der Waals surface area contributed by atoms with Crippen molar-refractivity contribution >= 4 is 34.8 Å². The summed E-state index contributed by atoms with van der Waals surface area (Å²) >= 11 is 1.65. The van der Waals surface area contributed by atoms with Crippen LogP contribution in [0.3, 0.4) is 0 Å². The molecule has 0 aromatic heterocycles. The smallest absolute Gasteiger partial charge is 0.225 e. The van der Waals surface area contributed by atoms with Crippen molar-refractivity contribution in [3.8, 4) is 17.2 Å². The molecular formula is C25H24N2O4S. The number of nitrogens with zero attached hydrogens (tertiary/aromatic N) is 1. The molecule has 0 fully saturated rings. The van der Waals surface area contributed by atoms with Crippen molar-refractivity contribution in [2.24, 2.45) is 4.99 Å². The Hall–Kier alpha value is -3.45. The van der Waals surface area contributed by atoms with Crippen molar-refractivity contribution in [2.75, 3.05) is 26.6 Å². The van der Waals surface area contributed by atoms with E-state index in [0.29, 0.717) is 17.2 Å². The summed E-state index contributed by atoms with van der Waals surface area (Å²) in [5.74, 6) is 1.85. The molecule has 1 aliphatic rings. The largest absolute Gasteiger partial charge is 0.497 e. The first-order valence-corrected chi connectivity index (χ1v) is 11.0. The van der Waals surface area contributed by atoms with E-state index in [1.54, 1.807) is 51.3 Å². The third-order valence-electron chi connectivity index (χ3n) is 5.10. The number of amides is 1. The Bertz CT molecular complexity index is 1140. The highest BCUT2D eigenvalue weighted by molar-refractivity contribution is 8.01. The van der Waals surface area contributed by atoms with Gasteiger partial charge < -0.3 is 19.5 Å². The number of hydrogen-bond donors (Lipinski definition) is 1. The van der Waals surface area contributed by atoms with Crippen molar-refractivity contribution in [1.82, 2.24) is 0 Å². The Morgan fingerprint density at radius 3 is 2.41 bits per heavy atom. The van der Waals surface area contributed by atoms with Crippen LogP contribution in [0.1, 0.15) is 12.0 Å². The van der Waals surface area contributed by atoms with Gasteiger partial charge in [0, 0.05) is 23.1 Å². The number of rotatable bonds is 7. The molecule has 1 N–H and O–H groups in total. The fraction of sp³-hybridized carbons (Fsp3) is 0.200. The molecule has 1 atom stereocenters. The number of methoxy groups -OCH3 is 3. The predicted octanol–water partition coefficient (Wildman–Crippen LogP) is 5.34. The molecule has 3 aromatic carbocycles. The van der Waals surface area contributed by atoms with E-state index in [9.17, 15) is 4.79 Å². The number of hydrogen-bond acceptors (Lipinski definition) is 6. The second kappa shape index (κ2) is 9.78. The van der Waals surface area contributed by atoms with E-state index >= 15 is 0 Å². The van der Waals surface area contributed by atoms with Gasteiger partial charge in [0.1, 0.15) is 5.75 Å². The first-order chi connectivity index (χ1) is 15.6. The molecule has 164 valence electrons. The average Bonchev–Trinajstić information content (AvgIpc) is 2.83. The maximum Gasteiger partial charge on any atom is 0.225 e. The summed E-state index contributed by atoms with van der Waals surface area (Å²) in [6.45, 7) is 0. The molecule has 7 heteroatoms. The Balaban J connectivity index is 1.57. The summed E-state index contributed by atoms with van der Waals surface area (Å²) in [5.41, 5.74) is 3.41. The number of carbonyl (C=O) groups is 1. The molecular weight excluding hydrogens is 424 g/mol. The van der Waals surface area contributed by atoms with E-state index in [4.69, 9.17) is 19.2 Å². The van der Waals surface area contributed by atoms with Gasteiger partial charge in [0.05, 0.1) is 38.0 Å². The number of carbonyl (C=O) groups excluding carboxylic acids is 1. The second-order valence-electron chi connectivity index (χ2n) is 7.12. The number of thioether (sulfide) groups is 1. The zero-order valence-corrected chi connectivity index (χ0v) is 18.9. The van der Waals surface area contributed by atoms with Gasteiger partial charge in [0.25, 0.3) is 0 Å². The summed E-state index contributed by atoms with van der Waals surface area (Å²) in [6.07, 6.45) is 0.276. The summed E-state index contributed by atoms with van der Waals surface area (Å²) in [5, 5.41) is 2.84. The van der Waals surface area contributed by atoms with Gasteiger partial charge in [-0.1, -0.05) is 12.1 Å². The average molecular weight is 449 g/mol. The van der Waals surface area contributed by atoms with Crippen LogP contribution in [0.25, 0.3) is 0 Å². The lowest BCUT2D eigenvalue weighted by Gasteiger charge is -2.24. The topological polar surface area (TPSA) is 69.2 Å². The van der Waals surface area contributed by atoms with Crippen molar-refractivity contribution in [3.63, 3.8) is 0 Å². The van der Waals surface area contributed by atoms with Crippen LogP contribution in [-0.4, -0.2) is 38.2 Å². The Morgan fingerprint density at radius 1 is 0.938 bits per heavy atom. The fourth-order valence-corrected chi connectivity index (χ4v) is 4.74. The first-order valence-electron chi connectivity index (χ1n) is 10.1. The van der Waals surface area contributed by atoms with Crippen molar-refractivity contribution in [1.29, 1.82) is 0 Å². The van der Waals surface area contributed by atoms with Gasteiger partial charge in [-0.3, -0.25) is 9.79 Å². The zero-order chi connectivity index (χ0) is 22.5. The summed E-state index contributed by atoms with van der Waals surface area (Å²) < 4.78 is 15.9. The third-order valence-corrected chi connectivity index (χ3v) is 6.38. The predicted molar refractivity (Wildman–Crippen MR) is 128 cm³/mol. The summed E-state index contributed by atoms with van der Waals surface area (Å²) in [6, 6.07) is 21.1. The molecule has 0 saturated heterocycles. The van der Waals surface area contributed by atoms with Gasteiger partial charge in [-0.05, 0) is 54.1 Å². The Kier molecular flexibility index (Phi) is 6.66. The number of benzene rings is 3. The number of aliphatic imine (C=N–C) groups is 1. The van der Waals surface area contributed by atoms with Gasteiger partial charge in [-0.15, -0.1) is 11.8 Å². The molecule has 0 unspecified atom stereocenters. The minimum Gasteiger partial charge on any atom is -0.497 e. The normalized spacial score (nSPS) is 14.7. The number of ether oxygens (including phenoxy) is 3. The number of anilines is 1. The highest BCUT2D eigenvalue weighted by Crippen LogP contribution is 2.40. The first kappa shape index (κ1) is 21.8. The highest BCUT2D eigenvalue weighted by Gasteiger charge is 2.27. The van der Waals surface area contributed by atoms with E-state index in [1.807, 2.05) is 48.5 Å². The van der Waals surface area contributed by atoms with Crippen molar-refractivity contribution in [3.05, 3.63) is 72.3 Å². The molecule has 6 nitrogen and oxygen atoms in total. The minimum absolute atomic E-state index is 0.102. The molecule has 0 spiro atoms. The number of fused-ring (bicyclic) bond motifs is 1. The third kappa shape index (κ3) is 4.73. The lowest BCUT2D eigenvalue weighted by atomic mass is 10.0. The lowest BCUT2D eigenvalue weighted by molar-refractivity contribution is -0.116. The molecule has 32 heavy (non-hydrogen) atoms. The Labute approximate surface area is 191 Å². The minimum atomic E-state index is -0.126. The van der Waals surface area contributed by atoms with E-state index in [-0.39, 0.29) is 17.6 Å².